The third kappa shape index (κ3) is 6.47. The second kappa shape index (κ2) is 10.6. The maximum Gasteiger partial charge on any atom is 0.0569 e. The van der Waals surface area contributed by atoms with Gasteiger partial charge in [-0.15, -0.1) is 29.1 Å². The van der Waals surface area contributed by atoms with Gasteiger partial charge in [-0.05, 0) is 41.0 Å². The first-order valence-electron chi connectivity index (χ1n) is 8.87. The Kier molecular flexibility index (Phi) is 9.20. The molecule has 0 bridgehead atoms. The Bertz CT molecular complexity index is 868. The normalized spacial score (nSPS) is 12.6. The molecule has 4 nitrogen and oxygen atoms in total. The summed E-state index contributed by atoms with van der Waals surface area (Å²) >= 11 is 0. The van der Waals surface area contributed by atoms with Gasteiger partial charge in [-0.1, -0.05) is 29.7 Å². The first-order valence-corrected chi connectivity index (χ1v) is 8.87. The predicted octanol–water partition coefficient (Wildman–Crippen LogP) is 4.16. The van der Waals surface area contributed by atoms with E-state index in [1.165, 1.54) is 10.8 Å². The van der Waals surface area contributed by atoms with E-state index >= 15 is 0 Å². The van der Waals surface area contributed by atoms with E-state index in [9.17, 15) is 0 Å². The number of aryl methyl sites for hydroxylation is 3. The number of aromatic nitrogens is 2. The van der Waals surface area contributed by atoms with Crippen molar-refractivity contribution < 1.29 is 30.3 Å². The van der Waals surface area contributed by atoms with E-state index in [1.54, 1.807) is 13.8 Å². The zero-order valence-corrected chi connectivity index (χ0v) is 18.8. The average molecular weight is 544 g/mol. The van der Waals surface area contributed by atoms with E-state index in [4.69, 9.17) is 15.2 Å². The van der Waals surface area contributed by atoms with Crippen LogP contribution in [-0.2, 0) is 20.1 Å². The molecule has 1 heterocycles. The Morgan fingerprint density at radius 1 is 0.889 bits per heavy atom. The molecule has 1 radical (unpaired) electrons. The molecule has 27 heavy (non-hydrogen) atoms. The zero-order valence-electron chi connectivity index (χ0n) is 16.4. The van der Waals surface area contributed by atoms with Gasteiger partial charge >= 0.3 is 0 Å². The zero-order chi connectivity index (χ0) is 19.3. The second-order valence-electron chi connectivity index (χ2n) is 6.70. The van der Waals surface area contributed by atoms with E-state index in [1.807, 2.05) is 39.0 Å². The molecule has 2 aromatic carbocycles. The number of fused-ring (bicyclic) bond motifs is 1. The molecule has 0 aliphatic carbocycles. The molecular weight excluding hydrogens is 516 g/mol. The van der Waals surface area contributed by atoms with Gasteiger partial charge < -0.3 is 10.2 Å². The molecule has 0 saturated carbocycles. The minimum atomic E-state index is -0.375. The molecule has 2 atom stereocenters. The van der Waals surface area contributed by atoms with Crippen LogP contribution in [0.1, 0.15) is 37.4 Å². The minimum Gasteiger partial charge on any atom is -0.393 e. The maximum atomic E-state index is 8.56. The summed E-state index contributed by atoms with van der Waals surface area (Å²) in [4.78, 5) is 9.27. The number of hydrogen-bond acceptors (Lipinski definition) is 4. The summed E-state index contributed by atoms with van der Waals surface area (Å²) in [7, 11) is 0. The fraction of sp³-hybridized carbons (Fsp3) is 0.364. The van der Waals surface area contributed by atoms with Gasteiger partial charge in [0.1, 0.15) is 0 Å². The van der Waals surface area contributed by atoms with Crippen molar-refractivity contribution in [2.24, 2.45) is 0 Å². The van der Waals surface area contributed by atoms with E-state index < -0.39 is 0 Å². The molecule has 2 N–H and O–H groups in total. The Labute approximate surface area is 175 Å². The predicted molar refractivity (Wildman–Crippen MR) is 106 cm³/mol. The van der Waals surface area contributed by atoms with Crippen LogP contribution in [0.25, 0.3) is 22.0 Å². The Morgan fingerprint density at radius 2 is 1.48 bits per heavy atom. The molecule has 2 unspecified atom stereocenters. The topological polar surface area (TPSA) is 66.2 Å². The molecule has 1 aromatic heterocycles. The van der Waals surface area contributed by atoms with Crippen LogP contribution in [0.5, 0.6) is 0 Å². The van der Waals surface area contributed by atoms with Gasteiger partial charge in [-0.25, -0.2) is 0 Å². The summed E-state index contributed by atoms with van der Waals surface area (Å²) in [5.74, 6) is 0. The van der Waals surface area contributed by atoms with E-state index in [2.05, 4.69) is 29.2 Å². The summed E-state index contributed by atoms with van der Waals surface area (Å²) < 4.78 is 0. The third-order valence-electron chi connectivity index (χ3n) is 4.12. The smallest absolute Gasteiger partial charge is 0.0569 e. The molecule has 147 valence electrons. The fourth-order valence-electron chi connectivity index (χ4n) is 2.80. The van der Waals surface area contributed by atoms with E-state index in [-0.39, 0.29) is 32.3 Å². The summed E-state index contributed by atoms with van der Waals surface area (Å²) in [5, 5.41) is 19.5. The van der Waals surface area contributed by atoms with Crippen molar-refractivity contribution in [3.63, 3.8) is 0 Å². The summed E-state index contributed by atoms with van der Waals surface area (Å²) in [6, 6.07) is 15.6. The van der Waals surface area contributed by atoms with Crippen LogP contribution in [0.15, 0.2) is 36.4 Å². The molecule has 0 fully saturated rings. The molecular formula is C22H27IrN2O2-. The molecule has 0 aliphatic heterocycles. The Hall–Kier alpha value is -1.65. The van der Waals surface area contributed by atoms with Crippen LogP contribution in [0.3, 0.4) is 0 Å². The van der Waals surface area contributed by atoms with Crippen molar-refractivity contribution in [1.29, 1.82) is 0 Å². The molecule has 5 heteroatoms. The van der Waals surface area contributed by atoms with Crippen LogP contribution < -0.4 is 0 Å². The Balaban J connectivity index is 0.000000395. The maximum absolute atomic E-state index is 8.56. The number of aliphatic hydroxyl groups excluding tert-OH is 2. The van der Waals surface area contributed by atoms with Crippen LogP contribution in [-0.4, -0.2) is 32.4 Å². The van der Waals surface area contributed by atoms with Crippen molar-refractivity contribution in [2.45, 2.75) is 53.2 Å². The molecule has 3 rings (SSSR count). The van der Waals surface area contributed by atoms with Crippen molar-refractivity contribution in [2.75, 3.05) is 0 Å². The van der Waals surface area contributed by atoms with Crippen LogP contribution >= 0.6 is 0 Å². The molecule has 0 saturated heterocycles. The monoisotopic (exact) mass is 544 g/mol. The summed E-state index contributed by atoms with van der Waals surface area (Å²) in [5.41, 5.74) is 4.88. The number of benzene rings is 2. The number of aliphatic hydroxyl groups is 2. The van der Waals surface area contributed by atoms with Crippen LogP contribution in [0, 0.1) is 26.8 Å². The Morgan fingerprint density at radius 3 is 2.07 bits per heavy atom. The number of hydrogen-bond donors (Lipinski definition) is 2. The molecule has 0 amide bonds. The first kappa shape index (κ1) is 23.4. The summed E-state index contributed by atoms with van der Waals surface area (Å²) in [6.07, 6.45) is -0.278. The fourth-order valence-corrected chi connectivity index (χ4v) is 2.80. The van der Waals surface area contributed by atoms with Gasteiger partial charge in [0.15, 0.2) is 0 Å². The standard InChI is InChI=1S/C17H15N2.C5H12O2.Ir/c1-11-12(2)19-17(13(3)18-11)16-10-6-8-14-7-4-5-9-15(14)16;1-4(6)3-5(2)7;/h4-9H,1-3H3;4-7H,3H2,1-2H3;/q-1;;. The number of rotatable bonds is 3. The van der Waals surface area contributed by atoms with E-state index in [0.29, 0.717) is 6.42 Å². The van der Waals surface area contributed by atoms with Crippen molar-refractivity contribution in [3.05, 3.63) is 59.5 Å². The van der Waals surface area contributed by atoms with Crippen molar-refractivity contribution in [3.8, 4) is 11.3 Å². The number of nitrogens with zero attached hydrogens (tertiary/aromatic N) is 2. The third-order valence-corrected chi connectivity index (χ3v) is 4.12. The van der Waals surface area contributed by atoms with Gasteiger partial charge in [-0.3, -0.25) is 9.97 Å². The van der Waals surface area contributed by atoms with Crippen LogP contribution in [0.2, 0.25) is 0 Å². The van der Waals surface area contributed by atoms with Gasteiger partial charge in [0.25, 0.3) is 0 Å². The molecule has 3 aromatic rings. The SMILES string of the molecule is CC(O)CC(C)O.Cc1nc(C)c(-c2[c-]ccc3ccccc23)nc1C.[Ir]. The second-order valence-corrected chi connectivity index (χ2v) is 6.70. The summed E-state index contributed by atoms with van der Waals surface area (Å²) in [6.45, 7) is 9.31. The first-order chi connectivity index (χ1) is 12.3. The van der Waals surface area contributed by atoms with Gasteiger partial charge in [-0.2, -0.15) is 0 Å². The van der Waals surface area contributed by atoms with E-state index in [0.717, 1.165) is 28.3 Å². The largest absolute Gasteiger partial charge is 0.393 e. The quantitative estimate of drug-likeness (QED) is 0.487. The molecule has 0 aliphatic rings. The van der Waals surface area contributed by atoms with Gasteiger partial charge in [0.05, 0.1) is 17.9 Å². The van der Waals surface area contributed by atoms with Crippen molar-refractivity contribution >= 4 is 10.8 Å². The van der Waals surface area contributed by atoms with Gasteiger partial charge in [0, 0.05) is 37.2 Å². The molecule has 0 spiro atoms. The average Bonchev–Trinajstić information content (AvgIpc) is 2.57. The minimum absolute atomic E-state index is 0. The van der Waals surface area contributed by atoms with Crippen molar-refractivity contribution in [1.82, 2.24) is 9.97 Å². The van der Waals surface area contributed by atoms with Gasteiger partial charge in [0.2, 0.25) is 0 Å². The van der Waals surface area contributed by atoms with Crippen LogP contribution in [0.4, 0.5) is 0 Å².